The molecule has 2 aliphatic heterocycles. The fraction of sp³-hybridized carbons (Fsp3) is 0.571. The molecule has 0 amide bonds. The van der Waals surface area contributed by atoms with Crippen molar-refractivity contribution in [1.29, 1.82) is 0 Å². The molecule has 2 aromatic rings. The molecule has 2 atom stereocenters. The maximum atomic E-state index is 6.04. The zero-order chi connectivity index (χ0) is 14.4. The predicted molar refractivity (Wildman–Crippen MR) is 80.0 cm³/mol. The maximum Gasteiger partial charge on any atom is 0.270 e. The molecular weight excluding hydrogens is 288 g/mol. The minimum atomic E-state index is -0.0980. The molecule has 0 aromatic carbocycles. The van der Waals surface area contributed by atoms with E-state index in [0.717, 1.165) is 35.8 Å². The summed E-state index contributed by atoms with van der Waals surface area (Å²) in [5.74, 6) is 1.12. The molecule has 2 saturated heterocycles. The summed E-state index contributed by atoms with van der Waals surface area (Å²) in [6, 6.07) is 0.572. The zero-order valence-electron chi connectivity index (χ0n) is 11.9. The number of nitrogens with zero attached hydrogens (tertiary/aromatic N) is 3. The number of hydrogen-bond acceptors (Lipinski definition) is 7. The third-order valence-electron chi connectivity index (χ3n) is 4.34. The predicted octanol–water partition coefficient (Wildman–Crippen LogP) is 2.22. The van der Waals surface area contributed by atoms with Crippen LogP contribution in [0.2, 0.25) is 0 Å². The number of anilines is 1. The van der Waals surface area contributed by atoms with Crippen molar-refractivity contribution < 1.29 is 9.26 Å². The van der Waals surface area contributed by atoms with Gasteiger partial charge >= 0.3 is 0 Å². The minimum Gasteiger partial charge on any atom is -0.397 e. The number of rotatable bonds is 2. The number of aryl methyl sites for hydroxylation is 1. The SMILES string of the molecule is Cc1csc(-c2nc(C3CN4CCCC4CO3)no2)c1N. The Morgan fingerprint density at radius 2 is 2.38 bits per heavy atom. The first-order valence-corrected chi connectivity index (χ1v) is 8.13. The van der Waals surface area contributed by atoms with Crippen molar-refractivity contribution in [3.63, 3.8) is 0 Å². The molecule has 2 aromatic heterocycles. The summed E-state index contributed by atoms with van der Waals surface area (Å²) in [5.41, 5.74) is 7.80. The Morgan fingerprint density at radius 1 is 1.48 bits per heavy atom. The van der Waals surface area contributed by atoms with Gasteiger partial charge in [-0.25, -0.2) is 0 Å². The van der Waals surface area contributed by atoms with E-state index in [1.807, 2.05) is 12.3 Å². The van der Waals surface area contributed by atoms with Crippen molar-refractivity contribution >= 4 is 17.0 Å². The summed E-state index contributed by atoms with van der Waals surface area (Å²) in [6.45, 7) is 4.73. The Morgan fingerprint density at radius 3 is 3.19 bits per heavy atom. The largest absolute Gasteiger partial charge is 0.397 e. The second kappa shape index (κ2) is 5.08. The average molecular weight is 306 g/mol. The van der Waals surface area contributed by atoms with Crippen molar-refractivity contribution in [1.82, 2.24) is 15.0 Å². The first kappa shape index (κ1) is 13.2. The van der Waals surface area contributed by atoms with Crippen LogP contribution in [0, 0.1) is 6.92 Å². The van der Waals surface area contributed by atoms with Gasteiger partial charge in [0.1, 0.15) is 11.0 Å². The highest BCUT2D eigenvalue weighted by atomic mass is 32.1. The third kappa shape index (κ3) is 2.25. The highest BCUT2D eigenvalue weighted by molar-refractivity contribution is 7.14. The van der Waals surface area contributed by atoms with Crippen LogP contribution in [0.25, 0.3) is 10.8 Å². The van der Waals surface area contributed by atoms with E-state index in [9.17, 15) is 0 Å². The van der Waals surface area contributed by atoms with Crippen molar-refractivity contribution in [3.8, 4) is 10.8 Å². The molecule has 6 nitrogen and oxygen atoms in total. The van der Waals surface area contributed by atoms with Crippen LogP contribution in [0.4, 0.5) is 5.69 Å². The highest BCUT2D eigenvalue weighted by Crippen LogP contribution is 2.35. The summed E-state index contributed by atoms with van der Waals surface area (Å²) in [7, 11) is 0. The number of nitrogens with two attached hydrogens (primary N) is 1. The molecule has 7 heteroatoms. The lowest BCUT2D eigenvalue weighted by atomic mass is 10.2. The smallest absolute Gasteiger partial charge is 0.270 e. The van der Waals surface area contributed by atoms with Crippen LogP contribution in [-0.2, 0) is 4.74 Å². The summed E-state index contributed by atoms with van der Waals surface area (Å²) in [6.07, 6.45) is 2.39. The molecule has 2 N–H and O–H groups in total. The summed E-state index contributed by atoms with van der Waals surface area (Å²) in [5, 5.41) is 6.09. The van der Waals surface area contributed by atoms with Gasteiger partial charge in [0.2, 0.25) is 5.82 Å². The molecule has 0 spiro atoms. The number of morpholine rings is 1. The Balaban J connectivity index is 1.56. The molecule has 4 heterocycles. The molecule has 4 rings (SSSR count). The Hall–Kier alpha value is -1.44. The lowest BCUT2D eigenvalue weighted by molar-refractivity contribution is -0.0548. The van der Waals surface area contributed by atoms with Crippen LogP contribution in [0.1, 0.15) is 30.3 Å². The second-order valence-corrected chi connectivity index (χ2v) is 6.61. The first-order chi connectivity index (χ1) is 10.2. The van der Waals surface area contributed by atoms with Gasteiger partial charge in [-0.05, 0) is 37.3 Å². The van der Waals surface area contributed by atoms with Crippen LogP contribution >= 0.6 is 11.3 Å². The van der Waals surface area contributed by atoms with Crippen LogP contribution in [0.15, 0.2) is 9.90 Å². The lowest BCUT2D eigenvalue weighted by Crippen LogP contribution is -2.42. The van der Waals surface area contributed by atoms with Gasteiger partial charge in [0, 0.05) is 12.6 Å². The molecule has 2 fully saturated rings. The van der Waals surface area contributed by atoms with Gasteiger partial charge in [0.05, 0.1) is 12.3 Å². The molecule has 2 aliphatic rings. The van der Waals surface area contributed by atoms with Gasteiger partial charge in [0.15, 0.2) is 0 Å². The number of nitrogen functional groups attached to an aromatic ring is 1. The average Bonchev–Trinajstić information content (AvgIpc) is 3.19. The third-order valence-corrected chi connectivity index (χ3v) is 5.44. The molecule has 0 radical (unpaired) electrons. The molecule has 2 unspecified atom stereocenters. The monoisotopic (exact) mass is 306 g/mol. The summed E-state index contributed by atoms with van der Waals surface area (Å²) >= 11 is 1.53. The summed E-state index contributed by atoms with van der Waals surface area (Å²) in [4.78, 5) is 7.81. The van der Waals surface area contributed by atoms with E-state index >= 15 is 0 Å². The van der Waals surface area contributed by atoms with E-state index in [1.165, 1.54) is 24.2 Å². The Bertz CT molecular complexity index is 653. The number of aromatic nitrogens is 2. The van der Waals surface area contributed by atoms with E-state index in [0.29, 0.717) is 17.8 Å². The Kier molecular flexibility index (Phi) is 3.20. The van der Waals surface area contributed by atoms with Gasteiger partial charge in [0.25, 0.3) is 5.89 Å². The number of hydrogen-bond donors (Lipinski definition) is 1. The molecule has 0 bridgehead atoms. The molecule has 0 aliphatic carbocycles. The number of thiophene rings is 1. The van der Waals surface area contributed by atoms with Gasteiger partial charge in [-0.15, -0.1) is 11.3 Å². The van der Waals surface area contributed by atoms with Crippen LogP contribution < -0.4 is 5.73 Å². The van der Waals surface area contributed by atoms with E-state index in [4.69, 9.17) is 15.0 Å². The topological polar surface area (TPSA) is 77.4 Å². The summed E-state index contributed by atoms with van der Waals surface area (Å²) < 4.78 is 11.3. The fourth-order valence-electron chi connectivity index (χ4n) is 3.05. The number of fused-ring (bicyclic) bond motifs is 1. The minimum absolute atomic E-state index is 0.0980. The van der Waals surface area contributed by atoms with Crippen molar-refractivity contribution in [2.75, 3.05) is 25.4 Å². The van der Waals surface area contributed by atoms with Crippen LogP contribution in [-0.4, -0.2) is 40.8 Å². The molecule has 21 heavy (non-hydrogen) atoms. The van der Waals surface area contributed by atoms with Crippen molar-refractivity contribution in [3.05, 3.63) is 16.8 Å². The quantitative estimate of drug-likeness (QED) is 0.916. The van der Waals surface area contributed by atoms with Gasteiger partial charge in [-0.1, -0.05) is 5.16 Å². The molecule has 112 valence electrons. The first-order valence-electron chi connectivity index (χ1n) is 7.25. The maximum absolute atomic E-state index is 6.04. The lowest BCUT2D eigenvalue weighted by Gasteiger charge is -2.33. The van der Waals surface area contributed by atoms with Gasteiger partial charge < -0.3 is 15.0 Å². The van der Waals surface area contributed by atoms with Crippen molar-refractivity contribution in [2.45, 2.75) is 31.9 Å². The van der Waals surface area contributed by atoms with Gasteiger partial charge in [-0.3, -0.25) is 4.90 Å². The normalized spacial score (nSPS) is 26.1. The van der Waals surface area contributed by atoms with E-state index in [1.54, 1.807) is 0 Å². The van der Waals surface area contributed by atoms with E-state index in [-0.39, 0.29) is 6.10 Å². The number of ether oxygens (including phenoxy) is 1. The van der Waals surface area contributed by atoms with Crippen LogP contribution in [0.3, 0.4) is 0 Å². The second-order valence-electron chi connectivity index (χ2n) is 5.73. The van der Waals surface area contributed by atoms with E-state index in [2.05, 4.69) is 15.0 Å². The molecular formula is C14H18N4O2S. The van der Waals surface area contributed by atoms with Gasteiger partial charge in [-0.2, -0.15) is 4.98 Å². The highest BCUT2D eigenvalue weighted by Gasteiger charge is 2.35. The van der Waals surface area contributed by atoms with E-state index < -0.39 is 0 Å². The van der Waals surface area contributed by atoms with Crippen molar-refractivity contribution in [2.24, 2.45) is 0 Å². The fourth-order valence-corrected chi connectivity index (χ4v) is 3.94. The molecule has 0 saturated carbocycles. The standard InChI is InChI=1S/C14H18N4O2S/c1-8-7-21-12(11(8)15)14-16-13(17-20-14)10-5-18-4-2-3-9(18)6-19-10/h7,9-10H,2-6,15H2,1H3. The zero-order valence-corrected chi connectivity index (χ0v) is 12.7. The Labute approximate surface area is 126 Å². The van der Waals surface area contributed by atoms with Crippen LogP contribution in [0.5, 0.6) is 0 Å².